The van der Waals surface area contributed by atoms with E-state index in [1.54, 1.807) is 12.1 Å². The van der Waals surface area contributed by atoms with Crippen LogP contribution in [-0.4, -0.2) is 47.9 Å². The minimum Gasteiger partial charge on any atom is -0.335 e. The van der Waals surface area contributed by atoms with Crippen molar-refractivity contribution in [3.63, 3.8) is 0 Å². The molecule has 0 bridgehead atoms. The number of carbonyl (C=O) groups is 1. The molecule has 1 amide bonds. The summed E-state index contributed by atoms with van der Waals surface area (Å²) in [6.45, 7) is 6.81. The first-order valence-electron chi connectivity index (χ1n) is 8.04. The van der Waals surface area contributed by atoms with E-state index in [1.807, 2.05) is 18.7 Å². The molecule has 4 nitrogen and oxygen atoms in total. The van der Waals surface area contributed by atoms with Gasteiger partial charge < -0.3 is 10.6 Å². The second-order valence-corrected chi connectivity index (χ2v) is 6.02. The van der Waals surface area contributed by atoms with Gasteiger partial charge in [-0.1, -0.05) is 12.1 Å². The van der Waals surface area contributed by atoms with Crippen LogP contribution in [0.3, 0.4) is 0 Å². The van der Waals surface area contributed by atoms with Crippen molar-refractivity contribution in [1.29, 1.82) is 0 Å². The number of likely N-dealkylation sites (tertiary alicyclic amines) is 1. The number of hydrogen-bond donors (Lipinski definition) is 1. The zero-order valence-electron chi connectivity index (χ0n) is 13.5. The van der Waals surface area contributed by atoms with Crippen LogP contribution in [0.4, 0.5) is 4.39 Å². The molecule has 5 heteroatoms. The highest BCUT2D eigenvalue weighted by Gasteiger charge is 2.24. The van der Waals surface area contributed by atoms with Crippen molar-refractivity contribution in [3.8, 4) is 0 Å². The summed E-state index contributed by atoms with van der Waals surface area (Å²) in [7, 11) is 0. The third-order valence-electron chi connectivity index (χ3n) is 4.47. The molecular formula is C17H26FN3O. The number of nitrogens with zero attached hydrogens (tertiary/aromatic N) is 2. The fourth-order valence-electron chi connectivity index (χ4n) is 2.98. The van der Waals surface area contributed by atoms with Crippen molar-refractivity contribution in [2.24, 2.45) is 5.73 Å². The predicted molar refractivity (Wildman–Crippen MR) is 85.9 cm³/mol. The zero-order valence-corrected chi connectivity index (χ0v) is 13.5. The fraction of sp³-hybridized carbons (Fsp3) is 0.588. The maximum Gasteiger partial charge on any atom is 0.237 e. The van der Waals surface area contributed by atoms with E-state index in [2.05, 4.69) is 4.90 Å². The highest BCUT2D eigenvalue weighted by Crippen LogP contribution is 2.21. The molecule has 2 N–H and O–H groups in total. The molecular weight excluding hydrogens is 281 g/mol. The minimum atomic E-state index is -0.255. The number of benzene rings is 1. The monoisotopic (exact) mass is 307 g/mol. The average Bonchev–Trinajstić information content (AvgIpc) is 2.51. The lowest BCUT2D eigenvalue weighted by atomic mass is 10.1. The van der Waals surface area contributed by atoms with Crippen LogP contribution >= 0.6 is 0 Å². The van der Waals surface area contributed by atoms with Gasteiger partial charge in [-0.05, 0) is 44.4 Å². The number of nitrogens with two attached hydrogens (primary N) is 1. The summed E-state index contributed by atoms with van der Waals surface area (Å²) in [4.78, 5) is 16.6. The van der Waals surface area contributed by atoms with Crippen molar-refractivity contribution in [1.82, 2.24) is 9.80 Å². The van der Waals surface area contributed by atoms with Crippen molar-refractivity contribution in [2.45, 2.75) is 38.8 Å². The van der Waals surface area contributed by atoms with Gasteiger partial charge in [0.15, 0.2) is 0 Å². The van der Waals surface area contributed by atoms with E-state index in [4.69, 9.17) is 5.73 Å². The van der Waals surface area contributed by atoms with Crippen LogP contribution in [0.1, 0.15) is 38.3 Å². The zero-order chi connectivity index (χ0) is 16.1. The maximum atomic E-state index is 13.0. The maximum absolute atomic E-state index is 13.0. The summed E-state index contributed by atoms with van der Waals surface area (Å²) >= 11 is 0. The summed E-state index contributed by atoms with van der Waals surface area (Å²) < 4.78 is 13.0. The molecule has 0 radical (unpaired) electrons. The van der Waals surface area contributed by atoms with Gasteiger partial charge in [0.05, 0.1) is 12.6 Å². The Morgan fingerprint density at radius 1 is 1.36 bits per heavy atom. The Hall–Kier alpha value is -1.46. The molecule has 1 aromatic rings. The van der Waals surface area contributed by atoms with Gasteiger partial charge in [-0.2, -0.15) is 0 Å². The highest BCUT2D eigenvalue weighted by molar-refractivity contribution is 5.78. The first-order chi connectivity index (χ1) is 10.5. The van der Waals surface area contributed by atoms with Crippen LogP contribution in [0.5, 0.6) is 0 Å². The first-order valence-corrected chi connectivity index (χ1v) is 8.04. The van der Waals surface area contributed by atoms with Crippen molar-refractivity contribution >= 4 is 5.91 Å². The quantitative estimate of drug-likeness (QED) is 0.907. The number of hydrogen-bond acceptors (Lipinski definition) is 3. The smallest absolute Gasteiger partial charge is 0.237 e. The van der Waals surface area contributed by atoms with Gasteiger partial charge >= 0.3 is 0 Å². The van der Waals surface area contributed by atoms with Gasteiger partial charge in [-0.25, -0.2) is 4.39 Å². The number of amides is 1. The van der Waals surface area contributed by atoms with E-state index < -0.39 is 0 Å². The topological polar surface area (TPSA) is 49.6 Å². The number of carbonyl (C=O) groups excluding carboxylic acids is 1. The molecule has 1 saturated heterocycles. The lowest BCUT2D eigenvalue weighted by molar-refractivity contribution is -0.134. The van der Waals surface area contributed by atoms with Gasteiger partial charge in [0.1, 0.15) is 5.82 Å². The highest BCUT2D eigenvalue weighted by atomic mass is 19.1. The molecule has 1 aliphatic heterocycles. The van der Waals surface area contributed by atoms with Gasteiger partial charge in [0, 0.05) is 25.7 Å². The van der Waals surface area contributed by atoms with Crippen LogP contribution < -0.4 is 5.73 Å². The molecule has 1 aliphatic rings. The molecule has 1 heterocycles. The summed E-state index contributed by atoms with van der Waals surface area (Å²) in [6, 6.07) is 6.59. The van der Waals surface area contributed by atoms with E-state index in [-0.39, 0.29) is 23.8 Å². The Labute approximate surface area is 132 Å². The molecule has 1 unspecified atom stereocenters. The van der Waals surface area contributed by atoms with E-state index in [9.17, 15) is 9.18 Å². The van der Waals surface area contributed by atoms with E-state index in [1.165, 1.54) is 12.1 Å². The normalized spacial score (nSPS) is 18.2. The number of halogens is 1. The molecule has 0 spiro atoms. The largest absolute Gasteiger partial charge is 0.335 e. The second kappa shape index (κ2) is 7.70. The van der Waals surface area contributed by atoms with Crippen molar-refractivity contribution in [3.05, 3.63) is 35.6 Å². The lowest BCUT2D eigenvalue weighted by Crippen LogP contribution is -2.46. The molecule has 22 heavy (non-hydrogen) atoms. The van der Waals surface area contributed by atoms with E-state index >= 15 is 0 Å². The van der Waals surface area contributed by atoms with Crippen LogP contribution in [0, 0.1) is 5.82 Å². The Kier molecular flexibility index (Phi) is 5.91. The minimum absolute atomic E-state index is 0.0508. The molecule has 0 saturated carbocycles. The number of likely N-dealkylation sites (N-methyl/N-ethyl adjacent to an activating group) is 1. The summed E-state index contributed by atoms with van der Waals surface area (Å²) in [6.07, 6.45) is 1.90. The average molecular weight is 307 g/mol. The molecule has 1 fully saturated rings. The summed E-state index contributed by atoms with van der Waals surface area (Å²) in [5.41, 5.74) is 6.85. The summed E-state index contributed by atoms with van der Waals surface area (Å²) in [5.74, 6) is -0.134. The predicted octanol–water partition coefficient (Wildman–Crippen LogP) is 2.16. The van der Waals surface area contributed by atoms with Gasteiger partial charge in [0.2, 0.25) is 5.91 Å². The molecule has 2 rings (SSSR count). The van der Waals surface area contributed by atoms with Crippen LogP contribution in [-0.2, 0) is 4.79 Å². The molecule has 0 aromatic heterocycles. The SMILES string of the molecule is CCN(C(=O)CN1CCC(N)CC1)C(C)c1ccc(F)cc1. The van der Waals surface area contributed by atoms with Gasteiger partial charge in [0.25, 0.3) is 0 Å². The van der Waals surface area contributed by atoms with Crippen molar-refractivity contribution in [2.75, 3.05) is 26.2 Å². The Morgan fingerprint density at radius 3 is 2.50 bits per heavy atom. The Balaban J connectivity index is 1.97. The molecule has 122 valence electrons. The number of piperidine rings is 1. The van der Waals surface area contributed by atoms with Crippen LogP contribution in [0.2, 0.25) is 0 Å². The summed E-state index contributed by atoms with van der Waals surface area (Å²) in [5, 5.41) is 0. The fourth-order valence-corrected chi connectivity index (χ4v) is 2.98. The molecule has 1 atom stereocenters. The third kappa shape index (κ3) is 4.27. The van der Waals surface area contributed by atoms with Crippen molar-refractivity contribution < 1.29 is 9.18 Å². The first kappa shape index (κ1) is 16.9. The molecule has 0 aliphatic carbocycles. The van der Waals surface area contributed by atoms with Gasteiger partial charge in [-0.3, -0.25) is 9.69 Å². The van der Waals surface area contributed by atoms with E-state index in [0.717, 1.165) is 31.5 Å². The van der Waals surface area contributed by atoms with E-state index in [0.29, 0.717) is 13.1 Å². The Morgan fingerprint density at radius 2 is 1.95 bits per heavy atom. The Bertz CT molecular complexity index is 483. The van der Waals surface area contributed by atoms with Gasteiger partial charge in [-0.15, -0.1) is 0 Å². The second-order valence-electron chi connectivity index (χ2n) is 6.02. The van der Waals surface area contributed by atoms with Crippen LogP contribution in [0.15, 0.2) is 24.3 Å². The lowest BCUT2D eigenvalue weighted by Gasteiger charge is -2.34. The molecule has 1 aromatic carbocycles. The van der Waals surface area contributed by atoms with Crippen LogP contribution in [0.25, 0.3) is 0 Å². The standard InChI is InChI=1S/C17H26FN3O/c1-3-21(13(2)14-4-6-15(18)7-5-14)17(22)12-20-10-8-16(19)9-11-20/h4-7,13,16H,3,8-12,19H2,1-2H3. The number of rotatable bonds is 5. The third-order valence-corrected chi connectivity index (χ3v) is 4.47.